The van der Waals surface area contributed by atoms with Crippen LogP contribution in [0.1, 0.15) is 77.2 Å². The van der Waals surface area contributed by atoms with Gasteiger partial charge in [0.1, 0.15) is 0 Å². The number of nitrogens with zero attached hydrogens (tertiary/aromatic N) is 1. The van der Waals surface area contributed by atoms with Gasteiger partial charge in [-0.3, -0.25) is 0 Å². The second-order valence-electron chi connectivity index (χ2n) is 6.50. The first-order valence-corrected chi connectivity index (χ1v) is 9.63. The Morgan fingerprint density at radius 3 is 1.91 bits per heavy atom. The van der Waals surface area contributed by atoms with Crippen molar-refractivity contribution in [3.05, 3.63) is 35.9 Å². The Morgan fingerprint density at radius 2 is 1.27 bits per heavy atom. The maximum Gasteiger partial charge on any atom is -0.00189 e. The van der Waals surface area contributed by atoms with E-state index in [4.69, 9.17) is 0 Å². The van der Waals surface area contributed by atoms with Crippen molar-refractivity contribution in [2.75, 3.05) is 19.6 Å². The molecule has 0 spiro atoms. The van der Waals surface area contributed by atoms with Gasteiger partial charge in [0.15, 0.2) is 0 Å². The average molecular weight is 304 g/mol. The van der Waals surface area contributed by atoms with Crippen LogP contribution in [0.4, 0.5) is 0 Å². The van der Waals surface area contributed by atoms with Crippen molar-refractivity contribution < 1.29 is 0 Å². The topological polar surface area (TPSA) is 3.24 Å². The molecule has 0 saturated heterocycles. The zero-order valence-corrected chi connectivity index (χ0v) is 15.0. The minimum absolute atomic E-state index is 1.22. The van der Waals surface area contributed by atoms with Gasteiger partial charge in [0.05, 0.1) is 0 Å². The van der Waals surface area contributed by atoms with Crippen LogP contribution in [0.15, 0.2) is 30.3 Å². The minimum Gasteiger partial charge on any atom is -0.304 e. The lowest BCUT2D eigenvalue weighted by molar-refractivity contribution is 0.274. The van der Waals surface area contributed by atoms with Gasteiger partial charge in [-0.25, -0.2) is 0 Å². The van der Waals surface area contributed by atoms with Crippen LogP contribution in [0, 0.1) is 0 Å². The summed E-state index contributed by atoms with van der Waals surface area (Å²) in [5.41, 5.74) is 1.49. The van der Waals surface area contributed by atoms with Gasteiger partial charge in [0.2, 0.25) is 0 Å². The van der Waals surface area contributed by atoms with E-state index in [0.717, 1.165) is 0 Å². The molecule has 0 aliphatic rings. The molecule has 1 nitrogen and oxygen atoms in total. The molecule has 0 atom stereocenters. The van der Waals surface area contributed by atoms with Crippen molar-refractivity contribution in [2.24, 2.45) is 0 Å². The maximum atomic E-state index is 2.64. The van der Waals surface area contributed by atoms with Gasteiger partial charge in [-0.05, 0) is 50.9 Å². The second-order valence-corrected chi connectivity index (χ2v) is 6.50. The normalized spacial score (nSPS) is 11.2. The highest BCUT2D eigenvalue weighted by molar-refractivity contribution is 5.14. The zero-order valence-electron chi connectivity index (χ0n) is 15.0. The third-order valence-electron chi connectivity index (χ3n) is 4.56. The molecule has 1 rings (SSSR count). The summed E-state index contributed by atoms with van der Waals surface area (Å²) in [6, 6.07) is 10.9. The lowest BCUT2D eigenvalue weighted by Gasteiger charge is -2.20. The van der Waals surface area contributed by atoms with E-state index in [9.17, 15) is 0 Å². The Hall–Kier alpha value is -0.820. The molecule has 0 fully saturated rings. The summed E-state index contributed by atoms with van der Waals surface area (Å²) < 4.78 is 0. The lowest BCUT2D eigenvalue weighted by Crippen LogP contribution is -2.25. The molecule has 0 saturated carbocycles. The standard InChI is InChI=1S/C21H37N/c1-3-5-6-7-8-14-19-22(4-2)20-15-10-13-18-21-16-11-9-12-17-21/h9,11-12,16-17H,3-8,10,13-15,18-20H2,1-2H3. The molecule has 0 N–H and O–H groups in total. The zero-order chi connectivity index (χ0) is 15.9. The van der Waals surface area contributed by atoms with Gasteiger partial charge in [0.25, 0.3) is 0 Å². The van der Waals surface area contributed by atoms with Crippen molar-refractivity contribution in [3.8, 4) is 0 Å². The molecule has 1 aromatic rings. The smallest absolute Gasteiger partial charge is 0.00189 e. The van der Waals surface area contributed by atoms with Crippen LogP contribution in [-0.4, -0.2) is 24.5 Å². The average Bonchev–Trinajstić information content (AvgIpc) is 2.56. The monoisotopic (exact) mass is 303 g/mol. The first-order valence-electron chi connectivity index (χ1n) is 9.63. The number of hydrogen-bond acceptors (Lipinski definition) is 1. The minimum atomic E-state index is 1.22. The number of hydrogen-bond donors (Lipinski definition) is 0. The van der Waals surface area contributed by atoms with Crippen LogP contribution in [-0.2, 0) is 6.42 Å². The summed E-state index contributed by atoms with van der Waals surface area (Å²) in [5, 5.41) is 0. The van der Waals surface area contributed by atoms with Crippen LogP contribution >= 0.6 is 0 Å². The third kappa shape index (κ3) is 10.00. The number of unbranched alkanes of at least 4 members (excludes halogenated alkanes) is 7. The largest absolute Gasteiger partial charge is 0.304 e. The van der Waals surface area contributed by atoms with Crippen molar-refractivity contribution in [2.45, 2.75) is 78.1 Å². The Labute approximate surface area is 139 Å². The summed E-state index contributed by atoms with van der Waals surface area (Å²) >= 11 is 0. The molecular weight excluding hydrogens is 266 g/mol. The van der Waals surface area contributed by atoms with E-state index >= 15 is 0 Å². The molecule has 0 heterocycles. The van der Waals surface area contributed by atoms with E-state index in [1.54, 1.807) is 0 Å². The van der Waals surface area contributed by atoms with Crippen molar-refractivity contribution in [3.63, 3.8) is 0 Å². The summed E-state index contributed by atoms with van der Waals surface area (Å²) in [6.45, 7) is 8.41. The fraction of sp³-hybridized carbons (Fsp3) is 0.714. The Morgan fingerprint density at radius 1 is 0.682 bits per heavy atom. The molecule has 0 bridgehead atoms. The second kappa shape index (κ2) is 13.8. The predicted molar refractivity (Wildman–Crippen MR) is 99.5 cm³/mol. The van der Waals surface area contributed by atoms with E-state index in [0.29, 0.717) is 0 Å². The Bertz CT molecular complexity index is 333. The van der Waals surface area contributed by atoms with E-state index in [-0.39, 0.29) is 0 Å². The Kier molecular flexibility index (Phi) is 12.1. The van der Waals surface area contributed by atoms with Crippen LogP contribution in [0.5, 0.6) is 0 Å². The molecule has 0 aliphatic heterocycles. The molecule has 0 radical (unpaired) electrons. The van der Waals surface area contributed by atoms with E-state index < -0.39 is 0 Å². The predicted octanol–water partition coefficient (Wildman–Crippen LogP) is 6.08. The lowest BCUT2D eigenvalue weighted by atomic mass is 10.1. The van der Waals surface area contributed by atoms with Gasteiger partial charge in [-0.2, -0.15) is 0 Å². The SMILES string of the molecule is CCCCCCCCN(CC)CCCCCc1ccccc1. The summed E-state index contributed by atoms with van der Waals surface area (Å²) in [6.07, 6.45) is 13.7. The van der Waals surface area contributed by atoms with Crippen molar-refractivity contribution in [1.29, 1.82) is 0 Å². The van der Waals surface area contributed by atoms with Gasteiger partial charge >= 0.3 is 0 Å². The summed E-state index contributed by atoms with van der Waals surface area (Å²) in [7, 11) is 0. The van der Waals surface area contributed by atoms with Crippen LogP contribution in [0.2, 0.25) is 0 Å². The molecule has 126 valence electrons. The molecule has 1 heteroatoms. The summed E-state index contributed by atoms with van der Waals surface area (Å²) in [4.78, 5) is 2.64. The highest BCUT2D eigenvalue weighted by Crippen LogP contribution is 2.09. The van der Waals surface area contributed by atoms with Gasteiger partial charge in [-0.1, -0.05) is 82.7 Å². The summed E-state index contributed by atoms with van der Waals surface area (Å²) in [5.74, 6) is 0. The third-order valence-corrected chi connectivity index (χ3v) is 4.56. The molecule has 0 aliphatic carbocycles. The highest BCUT2D eigenvalue weighted by Gasteiger charge is 2.02. The first-order chi connectivity index (χ1) is 10.9. The number of benzene rings is 1. The molecular formula is C21H37N. The molecule has 1 aromatic carbocycles. The van der Waals surface area contributed by atoms with Gasteiger partial charge < -0.3 is 4.90 Å². The first kappa shape index (κ1) is 19.2. The number of aryl methyl sites for hydroxylation is 1. The quantitative estimate of drug-likeness (QED) is 0.376. The highest BCUT2D eigenvalue weighted by atomic mass is 15.1. The molecule has 22 heavy (non-hydrogen) atoms. The molecule has 0 aromatic heterocycles. The van der Waals surface area contributed by atoms with Gasteiger partial charge in [-0.15, -0.1) is 0 Å². The molecule has 0 unspecified atom stereocenters. The van der Waals surface area contributed by atoms with Crippen LogP contribution < -0.4 is 0 Å². The van der Waals surface area contributed by atoms with E-state index in [2.05, 4.69) is 49.1 Å². The van der Waals surface area contributed by atoms with E-state index in [1.807, 2.05) is 0 Å². The molecule has 0 amide bonds. The van der Waals surface area contributed by atoms with Crippen molar-refractivity contribution >= 4 is 0 Å². The van der Waals surface area contributed by atoms with Crippen molar-refractivity contribution in [1.82, 2.24) is 4.90 Å². The fourth-order valence-corrected chi connectivity index (χ4v) is 3.03. The van der Waals surface area contributed by atoms with Gasteiger partial charge in [0, 0.05) is 0 Å². The fourth-order valence-electron chi connectivity index (χ4n) is 3.03. The maximum absolute atomic E-state index is 2.64. The number of rotatable bonds is 14. The van der Waals surface area contributed by atoms with Crippen LogP contribution in [0.25, 0.3) is 0 Å². The Balaban J connectivity index is 1.96. The van der Waals surface area contributed by atoms with E-state index in [1.165, 1.54) is 89.4 Å². The van der Waals surface area contributed by atoms with Crippen LogP contribution in [0.3, 0.4) is 0 Å².